The van der Waals surface area contributed by atoms with Crippen molar-refractivity contribution in [3.8, 4) is 16.8 Å². The number of tetrazole rings is 1. The molecule has 2 aromatic heterocycles. The van der Waals surface area contributed by atoms with E-state index in [0.29, 0.717) is 34.1 Å². The van der Waals surface area contributed by atoms with Crippen molar-refractivity contribution < 1.29 is 4.79 Å². The Morgan fingerprint density at radius 3 is 2.58 bits per heavy atom. The molecule has 0 radical (unpaired) electrons. The van der Waals surface area contributed by atoms with Gasteiger partial charge in [-0.05, 0) is 70.4 Å². The second-order valence-corrected chi connectivity index (χ2v) is 8.97. The van der Waals surface area contributed by atoms with Gasteiger partial charge in [0.05, 0.1) is 23.6 Å². The molecule has 1 atom stereocenters. The topological polar surface area (TPSA) is 125 Å². The molecular weight excluding hydrogens is 500 g/mol. The maximum Gasteiger partial charge on any atom is 0.244 e. The molecule has 0 saturated carbocycles. The molecular formula is C28H23ClN8O. The molecule has 38 heavy (non-hydrogen) atoms. The minimum atomic E-state index is -0.422. The Balaban J connectivity index is 1.42. The molecule has 0 spiro atoms. The molecule has 0 aliphatic carbocycles. The van der Waals surface area contributed by atoms with Gasteiger partial charge in [-0.25, -0.2) is 0 Å². The Morgan fingerprint density at radius 2 is 1.82 bits per heavy atom. The van der Waals surface area contributed by atoms with E-state index in [1.807, 2.05) is 60.7 Å². The normalized spacial score (nSPS) is 11.9. The number of carbonyl (C=O) groups excluding carboxylic acids is 1. The molecule has 0 saturated heterocycles. The van der Waals surface area contributed by atoms with Crippen LogP contribution in [0.25, 0.3) is 22.9 Å². The molecule has 0 aliphatic heterocycles. The number of halogens is 1. The summed E-state index contributed by atoms with van der Waals surface area (Å²) in [6.45, 7) is 0. The summed E-state index contributed by atoms with van der Waals surface area (Å²) in [4.78, 5) is 13.1. The van der Waals surface area contributed by atoms with Crippen molar-refractivity contribution in [3.63, 3.8) is 0 Å². The van der Waals surface area contributed by atoms with Crippen molar-refractivity contribution in [2.45, 2.75) is 12.5 Å². The van der Waals surface area contributed by atoms with Crippen molar-refractivity contribution in [1.82, 2.24) is 35.7 Å². The fourth-order valence-electron chi connectivity index (χ4n) is 3.99. The standard InChI is InChI=1S/C28H23ClN8O/c29-23-9-12-27(37-18-32-35-36-37)21(15-23)8-13-28(38)33-25(14-19-4-2-1-3-5-19)26-16-22(17-31-34-26)20-6-10-24(30)11-7-20/h1-13,15-18,25H,14,30H2,(H,33,38)/t25-/m0/s1. The minimum Gasteiger partial charge on any atom is -0.399 e. The van der Waals surface area contributed by atoms with Crippen LogP contribution in [-0.2, 0) is 11.2 Å². The summed E-state index contributed by atoms with van der Waals surface area (Å²) in [5, 5.41) is 23.5. The van der Waals surface area contributed by atoms with Crippen LogP contribution in [-0.4, -0.2) is 36.3 Å². The van der Waals surface area contributed by atoms with Gasteiger partial charge in [0.25, 0.3) is 0 Å². The average Bonchev–Trinajstić information content (AvgIpc) is 3.48. The average molecular weight is 523 g/mol. The summed E-state index contributed by atoms with van der Waals surface area (Å²) >= 11 is 6.20. The van der Waals surface area contributed by atoms with Gasteiger partial charge >= 0.3 is 0 Å². The third kappa shape index (κ3) is 6.08. The number of rotatable bonds is 8. The number of nitrogens with zero attached hydrogens (tertiary/aromatic N) is 6. The number of hydrogen-bond donors (Lipinski definition) is 2. The number of nitrogen functional groups attached to an aromatic ring is 1. The third-order valence-corrected chi connectivity index (χ3v) is 6.11. The number of aromatic nitrogens is 6. The van der Waals surface area contributed by atoms with Gasteiger partial charge in [0.1, 0.15) is 6.33 Å². The quantitative estimate of drug-likeness (QED) is 0.227. The molecule has 5 aromatic rings. The number of anilines is 1. The van der Waals surface area contributed by atoms with Crippen LogP contribution >= 0.6 is 11.6 Å². The van der Waals surface area contributed by atoms with Crippen molar-refractivity contribution >= 4 is 29.3 Å². The summed E-state index contributed by atoms with van der Waals surface area (Å²) in [7, 11) is 0. The van der Waals surface area contributed by atoms with E-state index >= 15 is 0 Å². The maximum atomic E-state index is 13.1. The van der Waals surface area contributed by atoms with Gasteiger partial charge in [0.2, 0.25) is 5.91 Å². The number of hydrogen-bond acceptors (Lipinski definition) is 7. The van der Waals surface area contributed by atoms with E-state index in [2.05, 4.69) is 31.0 Å². The van der Waals surface area contributed by atoms with Gasteiger partial charge in [-0.3, -0.25) is 4.79 Å². The summed E-state index contributed by atoms with van der Waals surface area (Å²) in [5.74, 6) is -0.298. The second-order valence-electron chi connectivity index (χ2n) is 8.53. The van der Waals surface area contributed by atoms with E-state index in [0.717, 1.165) is 16.7 Å². The number of benzene rings is 3. The van der Waals surface area contributed by atoms with E-state index in [-0.39, 0.29) is 5.91 Å². The SMILES string of the molecule is Nc1ccc(-c2cnnc([C@H](Cc3ccccc3)NC(=O)C=Cc3cc(Cl)ccc3-n3cnnn3)c2)cc1. The first-order valence-corrected chi connectivity index (χ1v) is 12.2. The predicted molar refractivity (Wildman–Crippen MR) is 146 cm³/mol. The summed E-state index contributed by atoms with van der Waals surface area (Å²) in [6.07, 6.45) is 6.83. The first kappa shape index (κ1) is 24.8. The highest BCUT2D eigenvalue weighted by molar-refractivity contribution is 6.30. The van der Waals surface area contributed by atoms with Crippen LogP contribution < -0.4 is 11.1 Å². The van der Waals surface area contributed by atoms with Crippen LogP contribution in [0.3, 0.4) is 0 Å². The largest absolute Gasteiger partial charge is 0.399 e. The second kappa shape index (κ2) is 11.4. The number of nitrogens with one attached hydrogen (secondary N) is 1. The van der Waals surface area contributed by atoms with E-state index < -0.39 is 6.04 Å². The first-order chi connectivity index (χ1) is 18.5. The highest BCUT2D eigenvalue weighted by Crippen LogP contribution is 2.24. The first-order valence-electron chi connectivity index (χ1n) is 11.8. The van der Waals surface area contributed by atoms with Crippen molar-refractivity contribution in [1.29, 1.82) is 0 Å². The fourth-order valence-corrected chi connectivity index (χ4v) is 4.17. The van der Waals surface area contributed by atoms with Gasteiger partial charge in [-0.15, -0.1) is 5.10 Å². The molecule has 0 unspecified atom stereocenters. The van der Waals surface area contributed by atoms with E-state index in [4.69, 9.17) is 17.3 Å². The van der Waals surface area contributed by atoms with Gasteiger partial charge in [0.15, 0.2) is 0 Å². The van der Waals surface area contributed by atoms with Gasteiger partial charge < -0.3 is 11.1 Å². The van der Waals surface area contributed by atoms with Crippen molar-refractivity contribution in [2.24, 2.45) is 0 Å². The van der Waals surface area contributed by atoms with Crippen LogP contribution in [0.1, 0.15) is 22.9 Å². The molecule has 3 N–H and O–H groups in total. The van der Waals surface area contributed by atoms with Crippen molar-refractivity contribution in [2.75, 3.05) is 5.73 Å². The fraction of sp³-hybridized carbons (Fsp3) is 0.0714. The lowest BCUT2D eigenvalue weighted by atomic mass is 10.00. The Labute approximate surface area is 224 Å². The van der Waals surface area contributed by atoms with E-state index in [1.54, 1.807) is 30.5 Å². The lowest BCUT2D eigenvalue weighted by molar-refractivity contribution is -0.117. The summed E-state index contributed by atoms with van der Waals surface area (Å²) in [5.41, 5.74) is 11.4. The highest BCUT2D eigenvalue weighted by atomic mass is 35.5. The Hall–Kier alpha value is -4.89. The molecule has 0 fully saturated rings. The molecule has 0 bridgehead atoms. The van der Waals surface area contributed by atoms with Gasteiger partial charge in [-0.1, -0.05) is 54.1 Å². The molecule has 2 heterocycles. The molecule has 10 heteroatoms. The number of nitrogens with two attached hydrogens (primary N) is 1. The predicted octanol–water partition coefficient (Wildman–Crippen LogP) is 4.47. The lowest BCUT2D eigenvalue weighted by Gasteiger charge is -2.18. The lowest BCUT2D eigenvalue weighted by Crippen LogP contribution is -2.29. The maximum absolute atomic E-state index is 13.1. The van der Waals surface area contributed by atoms with Crippen LogP contribution in [0.5, 0.6) is 0 Å². The zero-order valence-electron chi connectivity index (χ0n) is 20.1. The smallest absolute Gasteiger partial charge is 0.244 e. The molecule has 9 nitrogen and oxygen atoms in total. The van der Waals surface area contributed by atoms with Crippen LogP contribution in [0.4, 0.5) is 5.69 Å². The van der Waals surface area contributed by atoms with Gasteiger partial charge in [-0.2, -0.15) is 14.9 Å². The summed E-state index contributed by atoms with van der Waals surface area (Å²) in [6, 6.07) is 24.2. The Kier molecular flexibility index (Phi) is 7.47. The Morgan fingerprint density at radius 1 is 1.00 bits per heavy atom. The van der Waals surface area contributed by atoms with Crippen LogP contribution in [0, 0.1) is 0 Å². The number of carbonyl (C=O) groups is 1. The number of amides is 1. The molecule has 3 aromatic carbocycles. The molecule has 1 amide bonds. The van der Waals surface area contributed by atoms with Gasteiger partial charge in [0, 0.05) is 27.9 Å². The van der Waals surface area contributed by atoms with E-state index in [9.17, 15) is 4.79 Å². The summed E-state index contributed by atoms with van der Waals surface area (Å²) < 4.78 is 1.50. The monoisotopic (exact) mass is 522 g/mol. The minimum absolute atomic E-state index is 0.298. The van der Waals surface area contributed by atoms with Crippen LogP contribution in [0.15, 0.2) is 97.5 Å². The molecule has 0 aliphatic rings. The Bertz CT molecular complexity index is 1550. The van der Waals surface area contributed by atoms with Crippen molar-refractivity contribution in [3.05, 3.63) is 119 Å². The van der Waals surface area contributed by atoms with Crippen LogP contribution in [0.2, 0.25) is 5.02 Å². The highest BCUT2D eigenvalue weighted by Gasteiger charge is 2.18. The third-order valence-electron chi connectivity index (χ3n) is 5.87. The zero-order valence-corrected chi connectivity index (χ0v) is 20.9. The molecule has 5 rings (SSSR count). The van der Waals surface area contributed by atoms with E-state index in [1.165, 1.54) is 17.1 Å². The zero-order chi connectivity index (χ0) is 26.3. The molecule has 188 valence electrons.